The zero-order valence-corrected chi connectivity index (χ0v) is 14.5. The summed E-state index contributed by atoms with van der Waals surface area (Å²) in [5.74, 6) is -1.11. The van der Waals surface area contributed by atoms with Gasteiger partial charge in [0.1, 0.15) is 5.69 Å². The molecule has 5 nitrogen and oxygen atoms in total. The van der Waals surface area contributed by atoms with E-state index in [0.717, 1.165) is 30.3 Å². The van der Waals surface area contributed by atoms with Crippen molar-refractivity contribution in [1.29, 1.82) is 0 Å². The summed E-state index contributed by atoms with van der Waals surface area (Å²) in [4.78, 5) is 25.8. The van der Waals surface area contributed by atoms with Crippen molar-refractivity contribution < 1.29 is 8.78 Å². The summed E-state index contributed by atoms with van der Waals surface area (Å²) in [6.07, 6.45) is 2.50. The monoisotopic (exact) mass is 368 g/mol. The summed E-state index contributed by atoms with van der Waals surface area (Å²) in [6, 6.07) is 10.9. The summed E-state index contributed by atoms with van der Waals surface area (Å²) < 4.78 is 26.5. The molecule has 27 heavy (non-hydrogen) atoms. The van der Waals surface area contributed by atoms with Crippen LogP contribution in [0.3, 0.4) is 0 Å². The molecule has 1 fully saturated rings. The fraction of sp³-hybridized carbons (Fsp3) is 0.250. The van der Waals surface area contributed by atoms with E-state index >= 15 is 0 Å². The van der Waals surface area contributed by atoms with Gasteiger partial charge in [0, 0.05) is 31.3 Å². The number of rotatable bonds is 4. The zero-order chi connectivity index (χ0) is 18.8. The summed E-state index contributed by atoms with van der Waals surface area (Å²) in [5.41, 5.74) is 1.86. The van der Waals surface area contributed by atoms with E-state index in [2.05, 4.69) is 19.9 Å². The first kappa shape index (κ1) is 17.5. The molecular formula is C20H18F2N4O. The van der Waals surface area contributed by atoms with E-state index in [1.165, 1.54) is 12.1 Å². The van der Waals surface area contributed by atoms with Gasteiger partial charge in [0.25, 0.3) is 5.56 Å². The van der Waals surface area contributed by atoms with Gasteiger partial charge in [-0.1, -0.05) is 12.1 Å². The Morgan fingerprint density at radius 3 is 2.81 bits per heavy atom. The van der Waals surface area contributed by atoms with Gasteiger partial charge in [0.2, 0.25) is 0 Å². The molecule has 138 valence electrons. The number of aromatic nitrogens is 3. The van der Waals surface area contributed by atoms with Gasteiger partial charge >= 0.3 is 0 Å². The third-order valence-electron chi connectivity index (χ3n) is 4.75. The second-order valence-electron chi connectivity index (χ2n) is 6.70. The van der Waals surface area contributed by atoms with Gasteiger partial charge in [0.15, 0.2) is 17.5 Å². The minimum atomic E-state index is -0.840. The number of pyridine rings is 1. The number of hydrogen-bond donors (Lipinski definition) is 1. The Kier molecular flexibility index (Phi) is 4.77. The quantitative estimate of drug-likeness (QED) is 0.769. The van der Waals surface area contributed by atoms with E-state index in [1.54, 1.807) is 24.4 Å². The molecule has 7 heteroatoms. The predicted molar refractivity (Wildman–Crippen MR) is 97.1 cm³/mol. The molecule has 0 spiro atoms. The van der Waals surface area contributed by atoms with E-state index in [1.807, 2.05) is 6.07 Å². The Bertz CT molecular complexity index is 1010. The van der Waals surface area contributed by atoms with Crippen LogP contribution in [0.1, 0.15) is 23.6 Å². The Morgan fingerprint density at radius 2 is 2.04 bits per heavy atom. The smallest absolute Gasteiger partial charge is 0.251 e. The third kappa shape index (κ3) is 3.93. The minimum Gasteiger partial charge on any atom is -0.305 e. The van der Waals surface area contributed by atoms with Crippen molar-refractivity contribution in [2.45, 2.75) is 18.9 Å². The van der Waals surface area contributed by atoms with Crippen molar-refractivity contribution in [2.24, 2.45) is 0 Å². The second kappa shape index (κ2) is 7.36. The Hall–Kier alpha value is -2.93. The Balaban J connectivity index is 1.51. The number of benzene rings is 1. The van der Waals surface area contributed by atoms with E-state index in [0.29, 0.717) is 24.6 Å². The minimum absolute atomic E-state index is 0.111. The van der Waals surface area contributed by atoms with Gasteiger partial charge in [-0.2, -0.15) is 0 Å². The Labute approximate surface area is 154 Å². The highest BCUT2D eigenvalue weighted by Gasteiger charge is 2.26. The average molecular weight is 368 g/mol. The maximum absolute atomic E-state index is 13.4. The number of likely N-dealkylation sites (tertiary alicyclic amines) is 1. The van der Waals surface area contributed by atoms with Crippen molar-refractivity contribution in [2.75, 3.05) is 13.1 Å². The van der Waals surface area contributed by atoms with Crippen molar-refractivity contribution in [3.8, 4) is 11.5 Å². The number of H-pyrrole nitrogens is 1. The number of aromatic amines is 1. The highest BCUT2D eigenvalue weighted by atomic mass is 19.2. The van der Waals surface area contributed by atoms with Gasteiger partial charge in [-0.05, 0) is 42.8 Å². The molecule has 0 radical (unpaired) electrons. The van der Waals surface area contributed by atoms with Crippen molar-refractivity contribution in [3.63, 3.8) is 0 Å². The standard InChI is InChI=1S/C20H18F2N4O/c21-15-5-4-13(9-16(15)22)11-26-8-6-14(12-26)18-10-19(27)25-20(24-18)17-3-1-2-7-23-17/h1-5,7,9-10,14H,6,8,11-12H2,(H,24,25,27)/t14-/m0/s1. The first-order valence-corrected chi connectivity index (χ1v) is 8.77. The molecule has 0 bridgehead atoms. The molecule has 1 N–H and O–H groups in total. The fourth-order valence-corrected chi connectivity index (χ4v) is 3.42. The number of nitrogens with one attached hydrogen (secondary N) is 1. The molecule has 4 rings (SSSR count). The lowest BCUT2D eigenvalue weighted by Gasteiger charge is -2.16. The van der Waals surface area contributed by atoms with Crippen LogP contribution < -0.4 is 5.56 Å². The molecule has 1 aromatic carbocycles. The molecular weight excluding hydrogens is 350 g/mol. The first-order valence-electron chi connectivity index (χ1n) is 8.77. The van der Waals surface area contributed by atoms with Crippen LogP contribution >= 0.6 is 0 Å². The van der Waals surface area contributed by atoms with Crippen LogP contribution in [0.4, 0.5) is 8.78 Å². The van der Waals surface area contributed by atoms with Gasteiger partial charge in [-0.15, -0.1) is 0 Å². The van der Waals surface area contributed by atoms with E-state index < -0.39 is 11.6 Å². The van der Waals surface area contributed by atoms with Gasteiger partial charge in [-0.25, -0.2) is 13.8 Å². The van der Waals surface area contributed by atoms with Crippen LogP contribution in [-0.4, -0.2) is 32.9 Å². The number of hydrogen-bond acceptors (Lipinski definition) is 4. The summed E-state index contributed by atoms with van der Waals surface area (Å²) >= 11 is 0. The molecule has 0 unspecified atom stereocenters. The van der Waals surface area contributed by atoms with Crippen LogP contribution in [0.15, 0.2) is 53.5 Å². The molecule has 2 aromatic heterocycles. The van der Waals surface area contributed by atoms with Gasteiger partial charge in [0.05, 0.1) is 5.69 Å². The van der Waals surface area contributed by atoms with Crippen LogP contribution in [0.2, 0.25) is 0 Å². The maximum Gasteiger partial charge on any atom is 0.251 e. The van der Waals surface area contributed by atoms with E-state index in [9.17, 15) is 13.6 Å². The first-order chi connectivity index (χ1) is 13.1. The van der Waals surface area contributed by atoms with E-state index in [4.69, 9.17) is 0 Å². The molecule has 1 aliphatic heterocycles. The largest absolute Gasteiger partial charge is 0.305 e. The molecule has 0 saturated carbocycles. The normalized spacial score (nSPS) is 17.3. The van der Waals surface area contributed by atoms with Crippen molar-refractivity contribution in [1.82, 2.24) is 19.9 Å². The number of nitrogens with zero attached hydrogens (tertiary/aromatic N) is 3. The molecule has 0 aliphatic carbocycles. The molecule has 3 aromatic rings. The van der Waals surface area contributed by atoms with Gasteiger partial charge in [-0.3, -0.25) is 14.7 Å². The average Bonchev–Trinajstić information content (AvgIpc) is 3.13. The lowest BCUT2D eigenvalue weighted by atomic mass is 10.0. The molecule has 1 saturated heterocycles. The fourth-order valence-electron chi connectivity index (χ4n) is 3.42. The van der Waals surface area contributed by atoms with Crippen LogP contribution in [0.25, 0.3) is 11.5 Å². The molecule has 3 heterocycles. The van der Waals surface area contributed by atoms with Gasteiger partial charge < -0.3 is 4.98 Å². The lowest BCUT2D eigenvalue weighted by Crippen LogP contribution is -2.21. The predicted octanol–water partition coefficient (Wildman–Crippen LogP) is 3.10. The van der Waals surface area contributed by atoms with Crippen LogP contribution in [-0.2, 0) is 6.54 Å². The summed E-state index contributed by atoms with van der Waals surface area (Å²) in [6.45, 7) is 2.04. The van der Waals surface area contributed by atoms with Crippen molar-refractivity contribution in [3.05, 3.63) is 81.9 Å². The summed E-state index contributed by atoms with van der Waals surface area (Å²) in [5, 5.41) is 0. The highest BCUT2D eigenvalue weighted by molar-refractivity contribution is 5.48. The second-order valence-corrected chi connectivity index (χ2v) is 6.70. The van der Waals surface area contributed by atoms with Crippen molar-refractivity contribution >= 4 is 0 Å². The highest BCUT2D eigenvalue weighted by Crippen LogP contribution is 2.27. The molecule has 1 aliphatic rings. The van der Waals surface area contributed by atoms with Crippen LogP contribution in [0, 0.1) is 11.6 Å². The van der Waals surface area contributed by atoms with Crippen LogP contribution in [0.5, 0.6) is 0 Å². The number of halogens is 2. The third-order valence-corrected chi connectivity index (χ3v) is 4.75. The Morgan fingerprint density at radius 1 is 1.15 bits per heavy atom. The zero-order valence-electron chi connectivity index (χ0n) is 14.5. The lowest BCUT2D eigenvalue weighted by molar-refractivity contribution is 0.325. The molecule has 0 amide bonds. The summed E-state index contributed by atoms with van der Waals surface area (Å²) in [7, 11) is 0. The SMILES string of the molecule is O=c1cc([C@H]2CCN(Cc3ccc(F)c(F)c3)C2)nc(-c2ccccn2)[nH]1. The van der Waals surface area contributed by atoms with E-state index in [-0.39, 0.29) is 11.5 Å². The molecule has 1 atom stereocenters. The maximum atomic E-state index is 13.4. The topological polar surface area (TPSA) is 61.9 Å².